The second-order valence-corrected chi connectivity index (χ2v) is 7.04. The number of aliphatic hydroxyl groups excluding tert-OH is 1. The van der Waals surface area contributed by atoms with E-state index in [1.54, 1.807) is 6.92 Å². The van der Waals surface area contributed by atoms with E-state index in [0.29, 0.717) is 6.42 Å². The Morgan fingerprint density at radius 2 is 2.19 bits per heavy atom. The van der Waals surface area contributed by atoms with Gasteiger partial charge in [-0.2, -0.15) is 4.31 Å². The minimum atomic E-state index is -3.90. The lowest BCUT2D eigenvalue weighted by molar-refractivity contribution is -0.385. The van der Waals surface area contributed by atoms with Crippen LogP contribution in [0.3, 0.4) is 0 Å². The van der Waals surface area contributed by atoms with Gasteiger partial charge in [-0.05, 0) is 25.3 Å². The van der Waals surface area contributed by atoms with E-state index in [1.165, 1.54) is 10.4 Å². The van der Waals surface area contributed by atoms with Gasteiger partial charge >= 0.3 is 0 Å². The molecule has 0 amide bonds. The molecule has 1 aromatic carbocycles. The van der Waals surface area contributed by atoms with E-state index in [1.807, 2.05) is 0 Å². The highest BCUT2D eigenvalue weighted by Gasteiger charge is 2.35. The minimum absolute atomic E-state index is 0.0268. The van der Waals surface area contributed by atoms with Gasteiger partial charge in [-0.3, -0.25) is 10.1 Å². The maximum atomic E-state index is 12.5. The van der Waals surface area contributed by atoms with Gasteiger partial charge < -0.3 is 10.8 Å². The van der Waals surface area contributed by atoms with E-state index in [4.69, 9.17) is 5.73 Å². The maximum absolute atomic E-state index is 12.5. The zero-order chi connectivity index (χ0) is 15.8. The number of aliphatic hydroxyl groups is 1. The highest BCUT2D eigenvalue weighted by molar-refractivity contribution is 7.89. The van der Waals surface area contributed by atoms with Crippen molar-refractivity contribution in [1.82, 2.24) is 4.31 Å². The third kappa shape index (κ3) is 2.99. The molecule has 0 aliphatic carbocycles. The summed E-state index contributed by atoms with van der Waals surface area (Å²) in [5, 5.41) is 20.3. The first kappa shape index (κ1) is 15.7. The first-order valence-corrected chi connectivity index (χ1v) is 7.89. The van der Waals surface area contributed by atoms with Crippen molar-refractivity contribution >= 4 is 21.4 Å². The number of nitrogens with zero attached hydrogens (tertiary/aromatic N) is 2. The Morgan fingerprint density at radius 3 is 2.71 bits per heavy atom. The summed E-state index contributed by atoms with van der Waals surface area (Å²) in [5.41, 5.74) is 5.31. The van der Waals surface area contributed by atoms with E-state index in [2.05, 4.69) is 0 Å². The monoisotopic (exact) mass is 315 g/mol. The Morgan fingerprint density at radius 1 is 1.52 bits per heavy atom. The minimum Gasteiger partial charge on any atom is -0.398 e. The van der Waals surface area contributed by atoms with Crippen molar-refractivity contribution in [2.24, 2.45) is 5.92 Å². The fourth-order valence-electron chi connectivity index (χ4n) is 2.37. The van der Waals surface area contributed by atoms with Gasteiger partial charge in [0.05, 0.1) is 16.7 Å². The van der Waals surface area contributed by atoms with Crippen LogP contribution in [0.1, 0.15) is 13.3 Å². The summed E-state index contributed by atoms with van der Waals surface area (Å²) >= 11 is 0. The molecule has 1 heterocycles. The predicted octanol–water partition coefficient (Wildman–Crippen LogP) is 0.568. The molecule has 0 aromatic heterocycles. The van der Waals surface area contributed by atoms with E-state index in [0.717, 1.165) is 12.1 Å². The first-order valence-electron chi connectivity index (χ1n) is 6.45. The Balaban J connectivity index is 2.36. The molecule has 0 radical (unpaired) electrons. The number of nitrogen functional groups attached to an aromatic ring is 1. The fourth-order valence-corrected chi connectivity index (χ4v) is 4.01. The zero-order valence-electron chi connectivity index (χ0n) is 11.5. The van der Waals surface area contributed by atoms with Gasteiger partial charge in [0, 0.05) is 25.2 Å². The molecule has 0 saturated carbocycles. The van der Waals surface area contributed by atoms with Gasteiger partial charge in [0.2, 0.25) is 10.0 Å². The van der Waals surface area contributed by atoms with Crippen LogP contribution in [-0.4, -0.2) is 41.9 Å². The summed E-state index contributed by atoms with van der Waals surface area (Å²) in [7, 11) is -3.90. The molecule has 2 atom stereocenters. The Hall–Kier alpha value is -1.71. The van der Waals surface area contributed by atoms with Crippen molar-refractivity contribution in [1.29, 1.82) is 0 Å². The van der Waals surface area contributed by atoms with Crippen LogP contribution in [-0.2, 0) is 10.0 Å². The molecule has 9 heteroatoms. The summed E-state index contributed by atoms with van der Waals surface area (Å²) in [4.78, 5) is 9.85. The third-order valence-electron chi connectivity index (χ3n) is 3.70. The van der Waals surface area contributed by atoms with Crippen molar-refractivity contribution in [2.45, 2.75) is 24.3 Å². The molecule has 3 N–H and O–H groups in total. The number of hydrogen-bond acceptors (Lipinski definition) is 6. The number of nitrogens with two attached hydrogens (primary N) is 1. The average molecular weight is 315 g/mol. The van der Waals surface area contributed by atoms with Gasteiger partial charge in [-0.15, -0.1) is 0 Å². The summed E-state index contributed by atoms with van der Waals surface area (Å²) in [6, 6.07) is 3.35. The van der Waals surface area contributed by atoms with Crippen LogP contribution in [0.5, 0.6) is 0 Å². The summed E-state index contributed by atoms with van der Waals surface area (Å²) in [6.07, 6.45) is -0.0567. The van der Waals surface area contributed by atoms with Crippen LogP contribution >= 0.6 is 0 Å². The standard InChI is InChI=1S/C12H17N3O5S/c1-8(16)9-4-5-14(7-9)21(19,20)12-6-10(15(17)18)2-3-11(12)13/h2-3,6,8-9,16H,4-5,7,13H2,1H3. The van der Waals surface area contributed by atoms with Crippen LogP contribution < -0.4 is 5.73 Å². The molecule has 1 fully saturated rings. The summed E-state index contributed by atoms with van der Waals surface area (Å²) in [5.74, 6) is -0.139. The van der Waals surface area contributed by atoms with Crippen molar-refractivity contribution in [3.8, 4) is 0 Å². The van der Waals surface area contributed by atoms with Crippen LogP contribution in [0.4, 0.5) is 11.4 Å². The summed E-state index contributed by atoms with van der Waals surface area (Å²) in [6.45, 7) is 2.06. The number of hydrogen-bond donors (Lipinski definition) is 2. The molecule has 1 aliphatic rings. The predicted molar refractivity (Wildman–Crippen MR) is 76.1 cm³/mol. The zero-order valence-corrected chi connectivity index (χ0v) is 12.3. The van der Waals surface area contributed by atoms with Gasteiger partial charge in [0.25, 0.3) is 5.69 Å². The van der Waals surface area contributed by atoms with Crippen molar-refractivity contribution in [2.75, 3.05) is 18.8 Å². The Bertz CT molecular complexity index is 659. The highest BCUT2D eigenvalue weighted by Crippen LogP contribution is 2.31. The van der Waals surface area contributed by atoms with Gasteiger partial charge in [0.1, 0.15) is 4.90 Å². The van der Waals surface area contributed by atoms with Crippen molar-refractivity contribution in [3.63, 3.8) is 0 Å². The number of nitro benzene ring substituents is 1. The van der Waals surface area contributed by atoms with Gasteiger partial charge in [0.15, 0.2) is 0 Å². The SMILES string of the molecule is CC(O)C1CCN(S(=O)(=O)c2cc([N+](=O)[O-])ccc2N)C1. The van der Waals surface area contributed by atoms with E-state index in [-0.39, 0.29) is 35.3 Å². The lowest BCUT2D eigenvalue weighted by atomic mass is 10.0. The quantitative estimate of drug-likeness (QED) is 0.475. The van der Waals surface area contributed by atoms with Crippen LogP contribution in [0, 0.1) is 16.0 Å². The number of anilines is 1. The molecule has 116 valence electrons. The lowest BCUT2D eigenvalue weighted by Gasteiger charge is -2.18. The Kier molecular flexibility index (Phi) is 4.17. The van der Waals surface area contributed by atoms with E-state index in [9.17, 15) is 23.6 Å². The molecule has 1 aromatic rings. The molecule has 1 saturated heterocycles. The smallest absolute Gasteiger partial charge is 0.270 e. The van der Waals surface area contributed by atoms with Crippen molar-refractivity contribution < 1.29 is 18.4 Å². The van der Waals surface area contributed by atoms with Crippen molar-refractivity contribution in [3.05, 3.63) is 28.3 Å². The number of sulfonamides is 1. The molecule has 2 unspecified atom stereocenters. The molecule has 8 nitrogen and oxygen atoms in total. The highest BCUT2D eigenvalue weighted by atomic mass is 32.2. The normalized spacial score (nSPS) is 21.3. The molecule has 21 heavy (non-hydrogen) atoms. The topological polar surface area (TPSA) is 127 Å². The van der Waals surface area contributed by atoms with Gasteiger partial charge in [-0.1, -0.05) is 0 Å². The molecule has 1 aliphatic heterocycles. The number of rotatable bonds is 4. The maximum Gasteiger partial charge on any atom is 0.270 e. The van der Waals surface area contributed by atoms with Crippen LogP contribution in [0.2, 0.25) is 0 Å². The second-order valence-electron chi connectivity index (χ2n) is 5.13. The molecule has 2 rings (SSSR count). The number of benzene rings is 1. The van der Waals surface area contributed by atoms with E-state index < -0.39 is 21.1 Å². The van der Waals surface area contributed by atoms with E-state index >= 15 is 0 Å². The molecule has 0 spiro atoms. The van der Waals surface area contributed by atoms with Gasteiger partial charge in [-0.25, -0.2) is 8.42 Å². The average Bonchev–Trinajstić information content (AvgIpc) is 2.89. The first-order chi connectivity index (χ1) is 9.73. The molecule has 0 bridgehead atoms. The fraction of sp³-hybridized carbons (Fsp3) is 0.500. The van der Waals surface area contributed by atoms with Crippen LogP contribution in [0.25, 0.3) is 0 Å². The number of nitro groups is 1. The summed E-state index contributed by atoms with van der Waals surface area (Å²) < 4.78 is 26.3. The largest absolute Gasteiger partial charge is 0.398 e. The Labute approximate surface area is 122 Å². The molecular weight excluding hydrogens is 298 g/mol. The molecular formula is C12H17N3O5S. The second kappa shape index (κ2) is 5.58. The third-order valence-corrected chi connectivity index (χ3v) is 5.62. The number of non-ortho nitro benzene ring substituents is 1. The lowest BCUT2D eigenvalue weighted by Crippen LogP contribution is -2.31. The van der Waals surface area contributed by atoms with Crippen LogP contribution in [0.15, 0.2) is 23.1 Å².